The third kappa shape index (κ3) is 5.25. The van der Waals surface area contributed by atoms with Gasteiger partial charge in [-0.1, -0.05) is 24.3 Å². The predicted molar refractivity (Wildman–Crippen MR) is 90.1 cm³/mol. The highest BCUT2D eigenvalue weighted by molar-refractivity contribution is 5.78. The lowest BCUT2D eigenvalue weighted by molar-refractivity contribution is -0.121. The van der Waals surface area contributed by atoms with Crippen molar-refractivity contribution in [2.45, 2.75) is 32.4 Å². The lowest BCUT2D eigenvalue weighted by Crippen LogP contribution is -2.44. The molecular weight excluding hydrogens is 292 g/mol. The number of hydrogen-bond acceptors (Lipinski definition) is 3. The summed E-state index contributed by atoms with van der Waals surface area (Å²) in [6, 6.07) is 8.34. The molecule has 1 aliphatic heterocycles. The fourth-order valence-electron chi connectivity index (χ4n) is 2.52. The SMILES string of the molecule is CNC(C)CNC(=O)CCNC(=O)N1CCc2ccccc2C1. The number of carbonyl (C=O) groups is 2. The molecule has 1 aliphatic rings. The van der Waals surface area contributed by atoms with Crippen molar-refractivity contribution < 1.29 is 9.59 Å². The number of benzene rings is 1. The molecule has 0 spiro atoms. The van der Waals surface area contributed by atoms with E-state index in [0.717, 1.165) is 6.42 Å². The largest absolute Gasteiger partial charge is 0.354 e. The van der Waals surface area contributed by atoms with Crippen molar-refractivity contribution in [3.8, 4) is 0 Å². The molecule has 3 N–H and O–H groups in total. The maximum absolute atomic E-state index is 12.2. The summed E-state index contributed by atoms with van der Waals surface area (Å²) in [7, 11) is 1.85. The zero-order valence-electron chi connectivity index (χ0n) is 13.9. The van der Waals surface area contributed by atoms with Crippen molar-refractivity contribution >= 4 is 11.9 Å². The molecule has 0 bridgehead atoms. The number of nitrogens with zero attached hydrogens (tertiary/aromatic N) is 1. The Morgan fingerprint density at radius 3 is 2.70 bits per heavy atom. The minimum atomic E-state index is -0.101. The van der Waals surface area contributed by atoms with E-state index in [1.807, 2.05) is 26.1 Å². The summed E-state index contributed by atoms with van der Waals surface area (Å²) < 4.78 is 0. The zero-order chi connectivity index (χ0) is 16.7. The van der Waals surface area contributed by atoms with Crippen LogP contribution in [0.15, 0.2) is 24.3 Å². The molecule has 0 saturated heterocycles. The van der Waals surface area contributed by atoms with Gasteiger partial charge in [-0.3, -0.25) is 4.79 Å². The smallest absolute Gasteiger partial charge is 0.317 e. The van der Waals surface area contributed by atoms with Crippen molar-refractivity contribution in [2.75, 3.05) is 26.7 Å². The third-order valence-electron chi connectivity index (χ3n) is 4.14. The van der Waals surface area contributed by atoms with Crippen LogP contribution >= 0.6 is 0 Å². The molecule has 0 fully saturated rings. The fraction of sp³-hybridized carbons (Fsp3) is 0.529. The summed E-state index contributed by atoms with van der Waals surface area (Å²) in [5.74, 6) is -0.0450. The monoisotopic (exact) mass is 318 g/mol. The third-order valence-corrected chi connectivity index (χ3v) is 4.14. The molecule has 1 aromatic rings. The summed E-state index contributed by atoms with van der Waals surface area (Å²) in [6.45, 7) is 4.29. The van der Waals surface area contributed by atoms with Gasteiger partial charge in [0.05, 0.1) is 0 Å². The van der Waals surface area contributed by atoms with Crippen LogP contribution in [0, 0.1) is 0 Å². The first-order valence-corrected chi connectivity index (χ1v) is 8.13. The maximum atomic E-state index is 12.2. The number of fused-ring (bicyclic) bond motifs is 1. The minimum Gasteiger partial charge on any atom is -0.354 e. The van der Waals surface area contributed by atoms with Gasteiger partial charge in [-0.05, 0) is 31.5 Å². The summed E-state index contributed by atoms with van der Waals surface area (Å²) in [6.07, 6.45) is 1.18. The zero-order valence-corrected chi connectivity index (χ0v) is 13.9. The Bertz CT molecular complexity index is 547. The molecule has 3 amide bonds. The highest BCUT2D eigenvalue weighted by atomic mass is 16.2. The molecule has 23 heavy (non-hydrogen) atoms. The van der Waals surface area contributed by atoms with Gasteiger partial charge in [0.15, 0.2) is 0 Å². The Hall–Kier alpha value is -2.08. The standard InChI is InChI=1S/C17H26N4O2/c1-13(18-2)11-20-16(22)7-9-19-17(23)21-10-8-14-5-3-4-6-15(14)12-21/h3-6,13,18H,7-12H2,1-2H3,(H,19,23)(H,20,22). The van der Waals surface area contributed by atoms with Gasteiger partial charge in [0, 0.05) is 38.6 Å². The van der Waals surface area contributed by atoms with E-state index in [2.05, 4.69) is 28.1 Å². The number of hydrogen-bond donors (Lipinski definition) is 3. The van der Waals surface area contributed by atoms with Gasteiger partial charge >= 0.3 is 6.03 Å². The number of likely N-dealkylation sites (N-methyl/N-ethyl adjacent to an activating group) is 1. The molecule has 0 saturated carbocycles. The molecular formula is C17H26N4O2. The second-order valence-electron chi connectivity index (χ2n) is 5.92. The molecule has 126 valence electrons. The van der Waals surface area contributed by atoms with Gasteiger partial charge in [-0.15, -0.1) is 0 Å². The van der Waals surface area contributed by atoms with E-state index in [4.69, 9.17) is 0 Å². The second kappa shape index (κ2) is 8.53. The van der Waals surface area contributed by atoms with E-state index in [0.29, 0.717) is 32.6 Å². The number of nitrogens with one attached hydrogen (secondary N) is 3. The average Bonchev–Trinajstić information content (AvgIpc) is 2.59. The van der Waals surface area contributed by atoms with Gasteiger partial charge in [0.2, 0.25) is 5.91 Å². The van der Waals surface area contributed by atoms with E-state index in [-0.39, 0.29) is 18.0 Å². The molecule has 1 atom stereocenters. The Labute approximate surface area is 137 Å². The van der Waals surface area contributed by atoms with Gasteiger partial charge in [0.25, 0.3) is 0 Å². The molecule has 0 aliphatic carbocycles. The van der Waals surface area contributed by atoms with Crippen LogP contribution in [0.3, 0.4) is 0 Å². The first kappa shape index (κ1) is 17.3. The summed E-state index contributed by atoms with van der Waals surface area (Å²) in [5, 5.41) is 8.71. The van der Waals surface area contributed by atoms with Crippen LogP contribution in [0.2, 0.25) is 0 Å². The molecule has 2 rings (SSSR count). The van der Waals surface area contributed by atoms with Crippen LogP contribution < -0.4 is 16.0 Å². The van der Waals surface area contributed by atoms with Crippen LogP contribution in [0.5, 0.6) is 0 Å². The van der Waals surface area contributed by atoms with Crippen LogP contribution in [-0.2, 0) is 17.8 Å². The lowest BCUT2D eigenvalue weighted by Gasteiger charge is -2.28. The van der Waals surface area contributed by atoms with Crippen molar-refractivity contribution in [2.24, 2.45) is 0 Å². The Morgan fingerprint density at radius 2 is 1.96 bits per heavy atom. The molecule has 6 heteroatoms. The van der Waals surface area contributed by atoms with Crippen LogP contribution in [0.1, 0.15) is 24.5 Å². The minimum absolute atomic E-state index is 0.0450. The highest BCUT2D eigenvalue weighted by Gasteiger charge is 2.19. The van der Waals surface area contributed by atoms with Crippen LogP contribution in [0.4, 0.5) is 4.79 Å². The van der Waals surface area contributed by atoms with E-state index in [9.17, 15) is 9.59 Å². The Balaban J connectivity index is 1.69. The normalized spacial score (nSPS) is 14.8. The molecule has 1 unspecified atom stereocenters. The van der Waals surface area contributed by atoms with Crippen molar-refractivity contribution in [3.05, 3.63) is 35.4 Å². The summed E-state index contributed by atoms with van der Waals surface area (Å²) in [4.78, 5) is 25.7. The Kier molecular flexibility index (Phi) is 6.40. The first-order valence-electron chi connectivity index (χ1n) is 8.13. The van der Waals surface area contributed by atoms with E-state index >= 15 is 0 Å². The van der Waals surface area contributed by atoms with E-state index in [1.165, 1.54) is 11.1 Å². The number of amides is 3. The maximum Gasteiger partial charge on any atom is 0.317 e. The predicted octanol–water partition coefficient (Wildman–Crippen LogP) is 0.869. The molecule has 1 heterocycles. The van der Waals surface area contributed by atoms with Gasteiger partial charge in [-0.25, -0.2) is 4.79 Å². The summed E-state index contributed by atoms with van der Waals surface area (Å²) >= 11 is 0. The van der Waals surface area contributed by atoms with Gasteiger partial charge in [-0.2, -0.15) is 0 Å². The first-order chi connectivity index (χ1) is 11.1. The van der Waals surface area contributed by atoms with Crippen molar-refractivity contribution in [1.29, 1.82) is 0 Å². The summed E-state index contributed by atoms with van der Waals surface area (Å²) in [5.41, 5.74) is 2.52. The molecule has 0 radical (unpaired) electrons. The van der Waals surface area contributed by atoms with Gasteiger partial charge in [0.1, 0.15) is 0 Å². The van der Waals surface area contributed by atoms with Crippen LogP contribution in [-0.4, -0.2) is 49.6 Å². The van der Waals surface area contributed by atoms with E-state index in [1.54, 1.807) is 4.90 Å². The van der Waals surface area contributed by atoms with Crippen molar-refractivity contribution in [3.63, 3.8) is 0 Å². The molecule has 6 nitrogen and oxygen atoms in total. The van der Waals surface area contributed by atoms with Crippen LogP contribution in [0.25, 0.3) is 0 Å². The second-order valence-corrected chi connectivity index (χ2v) is 5.92. The number of urea groups is 1. The lowest BCUT2D eigenvalue weighted by atomic mass is 10.0. The topological polar surface area (TPSA) is 73.5 Å². The van der Waals surface area contributed by atoms with E-state index < -0.39 is 0 Å². The average molecular weight is 318 g/mol. The molecule has 0 aromatic heterocycles. The number of carbonyl (C=O) groups excluding carboxylic acids is 2. The molecule has 1 aromatic carbocycles. The van der Waals surface area contributed by atoms with Crippen molar-refractivity contribution in [1.82, 2.24) is 20.9 Å². The Morgan fingerprint density at radius 1 is 1.22 bits per heavy atom. The highest BCUT2D eigenvalue weighted by Crippen LogP contribution is 2.18. The fourth-order valence-corrected chi connectivity index (χ4v) is 2.52. The van der Waals surface area contributed by atoms with Gasteiger partial charge < -0.3 is 20.9 Å². The quantitative estimate of drug-likeness (QED) is 0.729. The number of rotatable bonds is 6.